The van der Waals surface area contributed by atoms with Crippen LogP contribution in [0.2, 0.25) is 0 Å². The number of aromatic nitrogens is 3. The second kappa shape index (κ2) is 4.56. The van der Waals surface area contributed by atoms with E-state index in [0.717, 1.165) is 28.5 Å². The van der Waals surface area contributed by atoms with Crippen molar-refractivity contribution in [2.45, 2.75) is 20.8 Å². The van der Waals surface area contributed by atoms with Gasteiger partial charge in [0.1, 0.15) is 5.65 Å². The van der Waals surface area contributed by atoms with Crippen LogP contribution < -0.4 is 0 Å². The normalized spacial score (nSPS) is 10.9. The largest absolute Gasteiger partial charge is 0.345 e. The van der Waals surface area contributed by atoms with Crippen LogP contribution in [0.25, 0.3) is 22.4 Å². The fraction of sp³-hybridized carbons (Fsp3) is 0.188. The lowest BCUT2D eigenvalue weighted by Gasteiger charge is -2.07. The predicted molar refractivity (Wildman–Crippen MR) is 78.9 cm³/mol. The third kappa shape index (κ3) is 1.90. The number of carbonyl (C=O) groups is 1. The molecule has 0 fully saturated rings. The van der Waals surface area contributed by atoms with E-state index in [2.05, 4.69) is 33.2 Å². The van der Waals surface area contributed by atoms with E-state index in [0.29, 0.717) is 17.0 Å². The van der Waals surface area contributed by atoms with Crippen LogP contribution in [0, 0.1) is 20.8 Å². The molecule has 0 aliphatic carbocycles. The van der Waals surface area contributed by atoms with Crippen molar-refractivity contribution in [1.82, 2.24) is 15.0 Å². The maximum absolute atomic E-state index is 11.0. The van der Waals surface area contributed by atoms with E-state index in [1.807, 2.05) is 20.8 Å². The van der Waals surface area contributed by atoms with Crippen LogP contribution in [-0.4, -0.2) is 21.2 Å². The average Bonchev–Trinajstić information content (AvgIpc) is 2.85. The molecule has 0 aliphatic heterocycles. The summed E-state index contributed by atoms with van der Waals surface area (Å²) in [7, 11) is 0. The van der Waals surface area contributed by atoms with E-state index in [1.54, 1.807) is 6.20 Å². The number of aryl methyl sites for hydroxylation is 3. The van der Waals surface area contributed by atoms with E-state index in [9.17, 15) is 4.79 Å². The monoisotopic (exact) mass is 265 g/mol. The number of rotatable bonds is 2. The third-order valence-corrected chi connectivity index (χ3v) is 3.50. The molecule has 1 N–H and O–H groups in total. The van der Waals surface area contributed by atoms with Crippen molar-refractivity contribution in [1.29, 1.82) is 0 Å². The van der Waals surface area contributed by atoms with Crippen LogP contribution in [0.5, 0.6) is 0 Å². The Morgan fingerprint density at radius 3 is 2.70 bits per heavy atom. The number of benzene rings is 1. The molecule has 0 spiro atoms. The number of nitrogens with one attached hydrogen (secondary N) is 1. The standard InChI is InChI=1S/C16H15N3O/c1-9-4-5-10(2)13(6-9)15-18-11(3)14-12(8-20)7-17-16(14)19-15/h4-8H,1-3H3,(H,17,18,19). The highest BCUT2D eigenvalue weighted by molar-refractivity contribution is 5.97. The van der Waals surface area contributed by atoms with Crippen LogP contribution in [0.3, 0.4) is 0 Å². The predicted octanol–water partition coefficient (Wildman–Crippen LogP) is 3.36. The Labute approximate surface area is 116 Å². The number of fused-ring (bicyclic) bond motifs is 1. The molecule has 3 rings (SSSR count). The van der Waals surface area contributed by atoms with Gasteiger partial charge in [-0.25, -0.2) is 9.97 Å². The molecule has 0 amide bonds. The maximum atomic E-state index is 11.0. The van der Waals surface area contributed by atoms with Crippen molar-refractivity contribution < 1.29 is 4.79 Å². The number of aldehydes is 1. The minimum Gasteiger partial charge on any atom is -0.345 e. The molecule has 3 aromatic rings. The molecule has 0 radical (unpaired) electrons. The molecule has 0 unspecified atom stereocenters. The maximum Gasteiger partial charge on any atom is 0.162 e. The number of nitrogens with zero attached hydrogens (tertiary/aromatic N) is 2. The van der Waals surface area contributed by atoms with Gasteiger partial charge in [0.05, 0.1) is 11.1 Å². The van der Waals surface area contributed by atoms with Crippen molar-refractivity contribution in [3.8, 4) is 11.4 Å². The summed E-state index contributed by atoms with van der Waals surface area (Å²) in [6, 6.07) is 6.22. The fourth-order valence-electron chi connectivity index (χ4n) is 2.43. The Bertz CT molecular complexity index is 818. The summed E-state index contributed by atoms with van der Waals surface area (Å²) in [5, 5.41) is 0.800. The van der Waals surface area contributed by atoms with Crippen LogP contribution in [0.4, 0.5) is 0 Å². The lowest BCUT2D eigenvalue weighted by atomic mass is 10.0. The van der Waals surface area contributed by atoms with Crippen LogP contribution in [0.1, 0.15) is 27.2 Å². The first-order valence-electron chi connectivity index (χ1n) is 6.48. The number of hydrogen-bond donors (Lipinski definition) is 1. The van der Waals surface area contributed by atoms with Gasteiger partial charge in [0.2, 0.25) is 0 Å². The van der Waals surface area contributed by atoms with Gasteiger partial charge in [-0.15, -0.1) is 0 Å². The molecular weight excluding hydrogens is 250 g/mol. The summed E-state index contributed by atoms with van der Waals surface area (Å²) >= 11 is 0. The van der Waals surface area contributed by atoms with Crippen molar-refractivity contribution in [2.75, 3.05) is 0 Å². The first kappa shape index (κ1) is 12.5. The number of aromatic amines is 1. The van der Waals surface area contributed by atoms with E-state index in [1.165, 1.54) is 5.56 Å². The van der Waals surface area contributed by atoms with E-state index >= 15 is 0 Å². The second-order valence-electron chi connectivity index (χ2n) is 5.04. The van der Waals surface area contributed by atoms with Crippen molar-refractivity contribution >= 4 is 17.3 Å². The molecule has 100 valence electrons. The molecule has 0 saturated carbocycles. The molecule has 0 atom stereocenters. The van der Waals surface area contributed by atoms with E-state index < -0.39 is 0 Å². The molecule has 0 bridgehead atoms. The summed E-state index contributed by atoms with van der Waals surface area (Å²) in [5.74, 6) is 0.690. The van der Waals surface area contributed by atoms with Gasteiger partial charge in [-0.2, -0.15) is 0 Å². The van der Waals surface area contributed by atoms with Gasteiger partial charge >= 0.3 is 0 Å². The van der Waals surface area contributed by atoms with Gasteiger partial charge < -0.3 is 4.98 Å². The number of hydrogen-bond acceptors (Lipinski definition) is 3. The van der Waals surface area contributed by atoms with Crippen molar-refractivity contribution in [3.63, 3.8) is 0 Å². The SMILES string of the molecule is Cc1ccc(C)c(-c2nc(C)c3c(C=O)c[nH]c3n2)c1. The van der Waals surface area contributed by atoms with Gasteiger partial charge in [0.15, 0.2) is 12.1 Å². The Kier molecular flexibility index (Phi) is 2.86. The van der Waals surface area contributed by atoms with Crippen molar-refractivity contribution in [3.05, 3.63) is 46.8 Å². The van der Waals surface area contributed by atoms with Crippen LogP contribution >= 0.6 is 0 Å². The molecule has 2 heterocycles. The second-order valence-corrected chi connectivity index (χ2v) is 5.04. The van der Waals surface area contributed by atoms with Gasteiger partial charge in [-0.3, -0.25) is 4.79 Å². The minimum absolute atomic E-state index is 0.602. The average molecular weight is 265 g/mol. The molecule has 1 aromatic carbocycles. The van der Waals surface area contributed by atoms with Crippen LogP contribution in [-0.2, 0) is 0 Å². The summed E-state index contributed by atoms with van der Waals surface area (Å²) in [6.45, 7) is 6.00. The molecule has 20 heavy (non-hydrogen) atoms. The van der Waals surface area contributed by atoms with Gasteiger partial charge in [0.25, 0.3) is 0 Å². The Balaban J connectivity index is 2.28. The zero-order valence-electron chi connectivity index (χ0n) is 11.7. The Morgan fingerprint density at radius 1 is 1.15 bits per heavy atom. The molecule has 4 nitrogen and oxygen atoms in total. The third-order valence-electron chi connectivity index (χ3n) is 3.50. The molecule has 0 saturated heterocycles. The summed E-state index contributed by atoms with van der Waals surface area (Å²) < 4.78 is 0. The zero-order chi connectivity index (χ0) is 14.3. The lowest BCUT2D eigenvalue weighted by Crippen LogP contribution is -1.96. The van der Waals surface area contributed by atoms with Crippen molar-refractivity contribution in [2.24, 2.45) is 0 Å². The highest BCUT2D eigenvalue weighted by atomic mass is 16.1. The number of H-pyrrole nitrogens is 1. The molecule has 2 aromatic heterocycles. The Morgan fingerprint density at radius 2 is 1.95 bits per heavy atom. The summed E-state index contributed by atoms with van der Waals surface area (Å²) in [4.78, 5) is 23.2. The first-order chi connectivity index (χ1) is 9.60. The van der Waals surface area contributed by atoms with Gasteiger partial charge in [-0.1, -0.05) is 17.7 Å². The van der Waals surface area contributed by atoms with Crippen LogP contribution in [0.15, 0.2) is 24.4 Å². The fourth-order valence-corrected chi connectivity index (χ4v) is 2.43. The van der Waals surface area contributed by atoms with Gasteiger partial charge in [0, 0.05) is 17.3 Å². The lowest BCUT2D eigenvalue weighted by molar-refractivity contribution is 0.112. The van der Waals surface area contributed by atoms with Gasteiger partial charge in [-0.05, 0) is 32.4 Å². The topological polar surface area (TPSA) is 58.6 Å². The quantitative estimate of drug-likeness (QED) is 0.723. The molecular formula is C16H15N3O. The van der Waals surface area contributed by atoms with E-state index in [4.69, 9.17) is 0 Å². The molecule has 4 heteroatoms. The first-order valence-corrected chi connectivity index (χ1v) is 6.48. The highest BCUT2D eigenvalue weighted by Crippen LogP contribution is 2.25. The minimum atomic E-state index is 0.602. The number of carbonyl (C=O) groups excluding carboxylic acids is 1. The van der Waals surface area contributed by atoms with E-state index in [-0.39, 0.29) is 0 Å². The summed E-state index contributed by atoms with van der Waals surface area (Å²) in [6.07, 6.45) is 2.50. The Hall–Kier alpha value is -2.49. The molecule has 0 aliphatic rings. The zero-order valence-corrected chi connectivity index (χ0v) is 11.7. The highest BCUT2D eigenvalue weighted by Gasteiger charge is 2.13. The summed E-state index contributed by atoms with van der Waals surface area (Å²) in [5.41, 5.74) is 5.45. The smallest absolute Gasteiger partial charge is 0.162 e.